The molecule has 0 radical (unpaired) electrons. The van der Waals surface area contributed by atoms with E-state index >= 15 is 0 Å². The van der Waals surface area contributed by atoms with E-state index in [1.165, 1.54) is 11.1 Å². The highest BCUT2D eigenvalue weighted by Crippen LogP contribution is 2.33. The van der Waals surface area contributed by atoms with Crippen LogP contribution < -0.4 is 0 Å². The molecule has 0 aromatic heterocycles. The Bertz CT molecular complexity index is 880. The largest absolute Gasteiger partial charge is 0.514 e. The number of benzene rings is 2. The average Bonchev–Trinajstić information content (AvgIpc) is 2.71. The second-order valence-electron chi connectivity index (χ2n) is 7.28. The van der Waals surface area contributed by atoms with Crippen LogP contribution in [0, 0.1) is 0 Å². The molecule has 27 heavy (non-hydrogen) atoms. The summed E-state index contributed by atoms with van der Waals surface area (Å²) in [5.41, 5.74) is 4.59. The van der Waals surface area contributed by atoms with Gasteiger partial charge < -0.3 is 9.47 Å². The molecule has 0 heterocycles. The van der Waals surface area contributed by atoms with Crippen LogP contribution in [0.25, 0.3) is 5.76 Å². The van der Waals surface area contributed by atoms with E-state index < -0.39 is 6.16 Å². The average molecular weight is 360 g/mol. The second-order valence-corrected chi connectivity index (χ2v) is 7.28. The Morgan fingerprint density at radius 1 is 1.00 bits per heavy atom. The molecule has 2 aromatic rings. The predicted octanol–water partition coefficient (Wildman–Crippen LogP) is 6.02. The van der Waals surface area contributed by atoms with Crippen LogP contribution in [0.3, 0.4) is 0 Å². The Morgan fingerprint density at radius 2 is 1.78 bits per heavy atom. The lowest BCUT2D eigenvalue weighted by molar-refractivity contribution is 0.0607. The molecule has 0 saturated carbocycles. The first-order valence-corrected chi connectivity index (χ1v) is 9.59. The molecule has 4 rings (SSSR count). The molecule has 138 valence electrons. The minimum atomic E-state index is -0.621. The van der Waals surface area contributed by atoms with E-state index in [1.807, 2.05) is 49.4 Å². The van der Waals surface area contributed by atoms with E-state index in [1.54, 1.807) is 0 Å². The van der Waals surface area contributed by atoms with Gasteiger partial charge in [-0.1, -0.05) is 60.7 Å². The maximum absolute atomic E-state index is 12.5. The van der Waals surface area contributed by atoms with Crippen LogP contribution in [0.1, 0.15) is 48.8 Å². The zero-order chi connectivity index (χ0) is 18.6. The summed E-state index contributed by atoms with van der Waals surface area (Å²) < 4.78 is 11.3. The number of allylic oxidation sites excluding steroid dienone is 2. The van der Waals surface area contributed by atoms with Crippen molar-refractivity contribution in [2.24, 2.45) is 0 Å². The fourth-order valence-corrected chi connectivity index (χ4v) is 3.93. The number of hydrogen-bond donors (Lipinski definition) is 0. The summed E-state index contributed by atoms with van der Waals surface area (Å²) in [5, 5.41) is 0. The summed E-state index contributed by atoms with van der Waals surface area (Å²) >= 11 is 0. The molecule has 0 saturated heterocycles. The van der Waals surface area contributed by atoms with Crippen molar-refractivity contribution in [2.45, 2.75) is 44.6 Å². The van der Waals surface area contributed by atoms with Crippen LogP contribution in [0.5, 0.6) is 0 Å². The third-order valence-electron chi connectivity index (χ3n) is 5.41. The summed E-state index contributed by atoms with van der Waals surface area (Å²) in [7, 11) is 0. The van der Waals surface area contributed by atoms with Gasteiger partial charge in [0.2, 0.25) is 0 Å². The van der Waals surface area contributed by atoms with Crippen molar-refractivity contribution in [3.63, 3.8) is 0 Å². The van der Waals surface area contributed by atoms with Crippen LogP contribution in [-0.2, 0) is 15.9 Å². The van der Waals surface area contributed by atoms with Crippen molar-refractivity contribution < 1.29 is 14.3 Å². The van der Waals surface area contributed by atoms with Crippen LogP contribution >= 0.6 is 0 Å². The molecule has 2 aromatic carbocycles. The number of carbonyl (C=O) groups is 1. The SMILES string of the molecule is CC1=C(OC(=O)O[C@H]2C=CC[C@@H](c3ccccc3)C2)c2ccccc2CC1. The lowest BCUT2D eigenvalue weighted by atomic mass is 9.86. The zero-order valence-corrected chi connectivity index (χ0v) is 15.6. The molecular weight excluding hydrogens is 336 g/mol. The van der Waals surface area contributed by atoms with E-state index in [0.29, 0.717) is 11.7 Å². The standard InChI is InChI=1S/C24H24O3/c1-17-14-15-19-10-5-6-13-22(19)23(17)27-24(25)26-21-12-7-11-20(16-21)18-8-3-2-4-9-18/h2-10,12-13,20-21H,11,14-16H2,1H3/t20-,21+/m1/s1. The number of aryl methyl sites for hydroxylation is 1. The molecule has 0 unspecified atom stereocenters. The molecule has 2 atom stereocenters. The molecule has 2 aliphatic carbocycles. The summed E-state index contributed by atoms with van der Waals surface area (Å²) in [5.74, 6) is 1.02. The summed E-state index contributed by atoms with van der Waals surface area (Å²) in [4.78, 5) is 12.5. The molecule has 0 fully saturated rings. The van der Waals surface area contributed by atoms with Gasteiger partial charge in [0.25, 0.3) is 0 Å². The lowest BCUT2D eigenvalue weighted by Crippen LogP contribution is -2.22. The molecule has 0 amide bonds. The van der Waals surface area contributed by atoms with Gasteiger partial charge in [-0.25, -0.2) is 4.79 Å². The van der Waals surface area contributed by atoms with Crippen molar-refractivity contribution in [1.82, 2.24) is 0 Å². The molecule has 3 nitrogen and oxygen atoms in total. The van der Waals surface area contributed by atoms with Gasteiger partial charge in [-0.2, -0.15) is 0 Å². The van der Waals surface area contributed by atoms with Crippen LogP contribution in [0.15, 0.2) is 72.3 Å². The van der Waals surface area contributed by atoms with E-state index in [2.05, 4.69) is 24.3 Å². The monoisotopic (exact) mass is 360 g/mol. The lowest BCUT2D eigenvalue weighted by Gasteiger charge is -2.26. The maximum Gasteiger partial charge on any atom is 0.514 e. The number of rotatable bonds is 3. The minimum Gasteiger partial charge on any atom is -0.426 e. The Hall–Kier alpha value is -2.81. The second kappa shape index (κ2) is 7.83. The van der Waals surface area contributed by atoms with E-state index in [-0.39, 0.29) is 6.10 Å². The third kappa shape index (κ3) is 3.97. The fourth-order valence-electron chi connectivity index (χ4n) is 3.93. The highest BCUT2D eigenvalue weighted by Gasteiger charge is 2.25. The van der Waals surface area contributed by atoms with Crippen LogP contribution in [0.4, 0.5) is 4.79 Å². The molecule has 3 heteroatoms. The summed E-state index contributed by atoms with van der Waals surface area (Å²) in [6, 6.07) is 18.5. The van der Waals surface area contributed by atoms with Gasteiger partial charge in [0.1, 0.15) is 11.9 Å². The van der Waals surface area contributed by atoms with Crippen molar-refractivity contribution in [3.05, 3.63) is 89.0 Å². The van der Waals surface area contributed by atoms with Gasteiger partial charge in [0.05, 0.1) is 0 Å². The van der Waals surface area contributed by atoms with E-state index in [0.717, 1.165) is 36.8 Å². The zero-order valence-electron chi connectivity index (χ0n) is 15.6. The Morgan fingerprint density at radius 3 is 2.63 bits per heavy atom. The first kappa shape index (κ1) is 17.6. The van der Waals surface area contributed by atoms with E-state index in [9.17, 15) is 4.79 Å². The van der Waals surface area contributed by atoms with Crippen LogP contribution in [0.2, 0.25) is 0 Å². The van der Waals surface area contributed by atoms with Crippen molar-refractivity contribution in [1.29, 1.82) is 0 Å². The third-order valence-corrected chi connectivity index (χ3v) is 5.41. The number of ether oxygens (including phenoxy) is 2. The number of carbonyl (C=O) groups excluding carboxylic acids is 1. The van der Waals surface area contributed by atoms with Crippen molar-refractivity contribution >= 4 is 11.9 Å². The van der Waals surface area contributed by atoms with Gasteiger partial charge in [0.15, 0.2) is 0 Å². The minimum absolute atomic E-state index is 0.254. The molecule has 2 aliphatic rings. The summed E-state index contributed by atoms with van der Waals surface area (Å²) in [6.07, 6.45) is 6.82. The van der Waals surface area contributed by atoms with Gasteiger partial charge in [-0.3, -0.25) is 0 Å². The molecule has 0 N–H and O–H groups in total. The van der Waals surface area contributed by atoms with Gasteiger partial charge in [-0.15, -0.1) is 0 Å². The molecule has 0 bridgehead atoms. The quantitative estimate of drug-likeness (QED) is 0.496. The molecule has 0 spiro atoms. The number of hydrogen-bond acceptors (Lipinski definition) is 3. The van der Waals surface area contributed by atoms with Crippen LogP contribution in [-0.4, -0.2) is 12.3 Å². The fraction of sp³-hybridized carbons (Fsp3) is 0.292. The maximum atomic E-state index is 12.5. The topological polar surface area (TPSA) is 35.5 Å². The van der Waals surface area contributed by atoms with Crippen molar-refractivity contribution in [2.75, 3.05) is 0 Å². The first-order chi connectivity index (χ1) is 13.2. The Balaban J connectivity index is 1.42. The van der Waals surface area contributed by atoms with Gasteiger partial charge in [0, 0.05) is 5.56 Å². The Labute approximate surface area is 160 Å². The van der Waals surface area contributed by atoms with E-state index in [4.69, 9.17) is 9.47 Å². The smallest absolute Gasteiger partial charge is 0.426 e. The highest BCUT2D eigenvalue weighted by molar-refractivity contribution is 5.77. The molecule has 0 aliphatic heterocycles. The number of fused-ring (bicyclic) bond motifs is 1. The highest BCUT2D eigenvalue weighted by atomic mass is 16.7. The van der Waals surface area contributed by atoms with Gasteiger partial charge in [-0.05, 0) is 61.3 Å². The van der Waals surface area contributed by atoms with Crippen molar-refractivity contribution in [3.8, 4) is 0 Å². The predicted molar refractivity (Wildman–Crippen MR) is 106 cm³/mol. The van der Waals surface area contributed by atoms with Gasteiger partial charge >= 0.3 is 6.16 Å². The summed E-state index contributed by atoms with van der Waals surface area (Å²) in [6.45, 7) is 2.02. The normalized spacial score (nSPS) is 21.5. The molecular formula is C24H24O3. The Kier molecular flexibility index (Phi) is 5.10. The first-order valence-electron chi connectivity index (χ1n) is 9.59.